The molecule has 3 N–H and O–H groups in total. The number of hydrogen-bond acceptors (Lipinski definition) is 8. The predicted molar refractivity (Wildman–Crippen MR) is 130 cm³/mol. The molecule has 20 heteroatoms. The van der Waals surface area contributed by atoms with Crippen molar-refractivity contribution in [3.8, 4) is 5.75 Å². The Hall–Kier alpha value is -3.23. The number of anilines is 2. The number of aromatic nitrogens is 2. The zero-order valence-electron chi connectivity index (χ0n) is 21.3. The zero-order chi connectivity index (χ0) is 30.3. The number of nitrogens with zero attached hydrogens (tertiary/aromatic N) is 3. The fourth-order valence-electron chi connectivity index (χ4n) is 3.37. The Balaban J connectivity index is 2.00. The summed E-state index contributed by atoms with van der Waals surface area (Å²) in [6.45, 7) is -1.65. The molecule has 0 spiro atoms. The van der Waals surface area contributed by atoms with Crippen LogP contribution in [0.4, 0.5) is 38.1 Å². The highest BCUT2D eigenvalue weighted by atomic mass is 32.2. The molecule has 0 fully saturated rings. The second-order valence-electron chi connectivity index (χ2n) is 8.87. The number of benzene rings is 1. The van der Waals surface area contributed by atoms with E-state index in [2.05, 4.69) is 19.9 Å². The van der Waals surface area contributed by atoms with Gasteiger partial charge in [-0.15, -0.1) is 0 Å². The Morgan fingerprint density at radius 3 is 2.42 bits per heavy atom. The molecule has 224 valence electrons. The number of aryl methyl sites for hydroxylation is 1. The van der Waals surface area contributed by atoms with E-state index in [9.17, 15) is 43.6 Å². The van der Waals surface area contributed by atoms with Gasteiger partial charge >= 0.3 is 18.8 Å². The number of sulfonamides is 1. The van der Waals surface area contributed by atoms with Crippen molar-refractivity contribution in [3.63, 3.8) is 0 Å². The molecule has 2 aromatic rings. The smallest absolute Gasteiger partial charge is 0.427 e. The molecule has 0 aliphatic carbocycles. The topological polar surface area (TPSA) is 161 Å². The fraction of sp³-hybridized carbons (Fsp3) is 0.500. The lowest BCUT2D eigenvalue weighted by molar-refractivity contribution is -0.242. The second kappa shape index (κ2) is 11.0. The van der Waals surface area contributed by atoms with Gasteiger partial charge in [-0.25, -0.2) is 22.6 Å². The van der Waals surface area contributed by atoms with E-state index in [1.54, 1.807) is 0 Å². The average Bonchev–Trinajstić information content (AvgIpc) is 3.24. The number of amides is 1. The molecule has 1 amide bonds. The molecular weight excluding hydrogens is 595 g/mol. The summed E-state index contributed by atoms with van der Waals surface area (Å²) < 4.78 is 132. The van der Waals surface area contributed by atoms with E-state index < -0.39 is 68.7 Å². The van der Waals surface area contributed by atoms with E-state index in [1.165, 1.54) is 19.1 Å². The van der Waals surface area contributed by atoms with Crippen molar-refractivity contribution in [2.24, 2.45) is 0 Å². The quantitative estimate of drug-likeness (QED) is 0.361. The van der Waals surface area contributed by atoms with Crippen molar-refractivity contribution in [3.05, 3.63) is 30.1 Å². The van der Waals surface area contributed by atoms with Crippen LogP contribution in [0.3, 0.4) is 0 Å². The van der Waals surface area contributed by atoms with Gasteiger partial charge in [0.05, 0.1) is 30.7 Å². The van der Waals surface area contributed by atoms with Crippen molar-refractivity contribution >= 4 is 37.7 Å². The highest BCUT2D eigenvalue weighted by molar-refractivity contribution is 7.93. The van der Waals surface area contributed by atoms with E-state index in [-0.39, 0.29) is 27.5 Å². The van der Waals surface area contributed by atoms with E-state index in [0.717, 1.165) is 17.4 Å². The van der Waals surface area contributed by atoms with Gasteiger partial charge in [0.25, 0.3) is 20.2 Å². The van der Waals surface area contributed by atoms with Gasteiger partial charge in [-0.1, -0.05) is 0 Å². The first-order valence-electron chi connectivity index (χ1n) is 11.2. The average molecular weight is 621 g/mol. The van der Waals surface area contributed by atoms with Gasteiger partial charge in [0.2, 0.25) is 5.60 Å². The number of halogens is 5. The van der Waals surface area contributed by atoms with Crippen LogP contribution in [0, 0.1) is 6.92 Å². The van der Waals surface area contributed by atoms with Crippen LogP contribution in [-0.4, -0.2) is 70.7 Å². The molecule has 40 heavy (non-hydrogen) atoms. The normalized spacial score (nSPS) is 16.4. The SMILES string of the molecule is CNS(=O)(=O)NC[C@H]1CN(S(=O)(=O)c2cn(C(F)F)nc2C)c2cc(NC(=O)OC(C)(C)C(F)(F)F)ccc2O1. The summed E-state index contributed by atoms with van der Waals surface area (Å²) in [5, 5.41) is 5.57. The number of alkyl halides is 5. The summed E-state index contributed by atoms with van der Waals surface area (Å²) in [6.07, 6.45) is -6.89. The first kappa shape index (κ1) is 31.3. The standard InChI is InChI=1S/C20H25F5N6O7S2/c1-11-16(10-30(29-11)17(21)22)39(33,34)31-9-13(8-27-40(35,36)26-4)37-15-6-5-12(7-14(15)31)28-18(32)38-19(2,3)20(23,24)25/h5-7,10,13,17,26-27H,8-9H2,1-4H3,(H,28,32)/t13-/m0/s1. The van der Waals surface area contributed by atoms with E-state index in [1.807, 2.05) is 4.72 Å². The van der Waals surface area contributed by atoms with Crippen molar-refractivity contribution in [2.75, 3.05) is 29.8 Å². The van der Waals surface area contributed by atoms with Gasteiger partial charge in [-0.2, -0.15) is 40.2 Å². The van der Waals surface area contributed by atoms with Crippen LogP contribution in [0.2, 0.25) is 0 Å². The summed E-state index contributed by atoms with van der Waals surface area (Å²) in [5.74, 6) is -0.128. The molecule has 3 rings (SSSR count). The second-order valence-corrected chi connectivity index (χ2v) is 12.4. The highest BCUT2D eigenvalue weighted by Crippen LogP contribution is 2.40. The maximum Gasteiger partial charge on any atom is 0.427 e. The van der Waals surface area contributed by atoms with Gasteiger partial charge in [-0.05, 0) is 39.0 Å². The number of hydrogen-bond donors (Lipinski definition) is 3. The monoisotopic (exact) mass is 620 g/mol. The van der Waals surface area contributed by atoms with Crippen LogP contribution in [0.5, 0.6) is 5.75 Å². The lowest BCUT2D eigenvalue weighted by Gasteiger charge is -2.35. The lowest BCUT2D eigenvalue weighted by atomic mass is 10.1. The van der Waals surface area contributed by atoms with Crippen molar-refractivity contribution < 1.29 is 53.1 Å². The summed E-state index contributed by atoms with van der Waals surface area (Å²) in [4.78, 5) is 11.6. The van der Waals surface area contributed by atoms with Crippen molar-refractivity contribution in [1.29, 1.82) is 0 Å². The Kier molecular flexibility index (Phi) is 8.59. The van der Waals surface area contributed by atoms with E-state index >= 15 is 0 Å². The Bertz CT molecular complexity index is 1480. The lowest BCUT2D eigenvalue weighted by Crippen LogP contribution is -2.49. The summed E-state index contributed by atoms with van der Waals surface area (Å²) >= 11 is 0. The van der Waals surface area contributed by atoms with Crippen molar-refractivity contribution in [2.45, 2.75) is 50.1 Å². The zero-order valence-corrected chi connectivity index (χ0v) is 22.9. The summed E-state index contributed by atoms with van der Waals surface area (Å²) in [6, 6.07) is 3.40. The van der Waals surface area contributed by atoms with Gasteiger partial charge < -0.3 is 9.47 Å². The first-order chi connectivity index (χ1) is 18.3. The molecule has 2 heterocycles. The third kappa shape index (κ3) is 6.73. The molecule has 13 nitrogen and oxygen atoms in total. The number of carbonyl (C=O) groups is 1. The molecule has 0 unspecified atom stereocenters. The first-order valence-corrected chi connectivity index (χ1v) is 14.1. The van der Waals surface area contributed by atoms with Crippen LogP contribution < -0.4 is 23.8 Å². The number of rotatable bonds is 9. The summed E-state index contributed by atoms with van der Waals surface area (Å²) in [7, 11) is -7.47. The summed E-state index contributed by atoms with van der Waals surface area (Å²) in [5.41, 5.74) is -3.54. The number of carbonyl (C=O) groups excluding carboxylic acids is 1. The van der Waals surface area contributed by atoms with Crippen LogP contribution in [0.15, 0.2) is 29.3 Å². The molecule has 1 aliphatic rings. The van der Waals surface area contributed by atoms with Gasteiger partial charge in [0.1, 0.15) is 16.7 Å². The largest absolute Gasteiger partial charge is 0.485 e. The molecule has 1 atom stereocenters. The molecule has 1 aromatic heterocycles. The molecule has 0 bridgehead atoms. The Labute approximate surface area is 225 Å². The third-order valence-corrected chi connectivity index (χ3v) is 8.54. The van der Waals surface area contributed by atoms with Gasteiger partial charge in [0, 0.05) is 12.7 Å². The van der Waals surface area contributed by atoms with Crippen LogP contribution in [-0.2, 0) is 25.0 Å². The number of fused-ring (bicyclic) bond motifs is 1. The number of nitrogens with one attached hydrogen (secondary N) is 3. The minimum absolute atomic E-state index is 0.128. The molecule has 0 radical (unpaired) electrons. The molecule has 0 saturated heterocycles. The third-order valence-electron chi connectivity index (χ3n) is 5.58. The van der Waals surface area contributed by atoms with Crippen molar-refractivity contribution in [1.82, 2.24) is 19.2 Å². The van der Waals surface area contributed by atoms with E-state index in [0.29, 0.717) is 20.0 Å². The Morgan fingerprint density at radius 1 is 1.23 bits per heavy atom. The predicted octanol–water partition coefficient (Wildman–Crippen LogP) is 2.49. The maximum absolute atomic E-state index is 13.6. The minimum atomic E-state index is -4.89. The van der Waals surface area contributed by atoms with Gasteiger partial charge in [-0.3, -0.25) is 9.62 Å². The molecule has 1 aromatic carbocycles. The number of ether oxygens (including phenoxy) is 2. The minimum Gasteiger partial charge on any atom is -0.485 e. The highest BCUT2D eigenvalue weighted by Gasteiger charge is 2.51. The molecular formula is C20H25F5N6O7S2. The fourth-order valence-corrected chi connectivity index (χ4v) is 5.57. The van der Waals surface area contributed by atoms with E-state index in [4.69, 9.17) is 4.74 Å². The maximum atomic E-state index is 13.6. The molecule has 1 aliphatic heterocycles. The molecule has 0 saturated carbocycles. The van der Waals surface area contributed by atoms with Gasteiger partial charge in [0.15, 0.2) is 0 Å². The van der Waals surface area contributed by atoms with Crippen LogP contribution in [0.1, 0.15) is 26.1 Å². The van der Waals surface area contributed by atoms with Crippen LogP contribution in [0.25, 0.3) is 0 Å². The Morgan fingerprint density at radius 2 is 1.88 bits per heavy atom. The van der Waals surface area contributed by atoms with Crippen LogP contribution >= 0.6 is 0 Å².